The summed E-state index contributed by atoms with van der Waals surface area (Å²) < 4.78 is 6.26. The van der Waals surface area contributed by atoms with E-state index in [4.69, 9.17) is 27.9 Å². The number of nitrogens with zero attached hydrogens (tertiary/aromatic N) is 4. The van der Waals surface area contributed by atoms with Crippen molar-refractivity contribution in [3.05, 3.63) is 45.2 Å². The first-order valence-corrected chi connectivity index (χ1v) is 22.8. The van der Waals surface area contributed by atoms with Crippen LogP contribution in [-0.4, -0.2) is 79.6 Å². The number of hydrogen-bond donors (Lipinski definition) is 0. The van der Waals surface area contributed by atoms with Gasteiger partial charge in [-0.2, -0.15) is 0 Å². The third kappa shape index (κ3) is 7.53. The van der Waals surface area contributed by atoms with E-state index in [0.29, 0.717) is 54.3 Å². The van der Waals surface area contributed by atoms with Crippen molar-refractivity contribution < 1.29 is 23.9 Å². The fraction of sp³-hybridized carbons (Fsp3) is 0.729. The number of pyridine rings is 1. The zero-order valence-electron chi connectivity index (χ0n) is 37.8. The molecule has 1 aromatic rings. The Labute approximate surface area is 364 Å². The predicted molar refractivity (Wildman–Crippen MR) is 236 cm³/mol. The molecule has 1 heterocycles. The van der Waals surface area contributed by atoms with Crippen LogP contribution in [0.1, 0.15) is 127 Å². The normalized spacial score (nSPS) is 34.3. The minimum absolute atomic E-state index is 0.0125. The van der Waals surface area contributed by atoms with E-state index in [1.165, 1.54) is 5.57 Å². The lowest BCUT2D eigenvalue weighted by Gasteiger charge is -2.72. The highest BCUT2D eigenvalue weighted by molar-refractivity contribution is 6.39. The van der Waals surface area contributed by atoms with Crippen molar-refractivity contribution in [3.8, 4) is 0 Å². The average molecular weight is 854 g/mol. The van der Waals surface area contributed by atoms with Gasteiger partial charge in [-0.25, -0.2) is 4.98 Å². The zero-order chi connectivity index (χ0) is 43.7. The number of rotatable bonds is 13. The number of fused-ring (bicyclic) bond motifs is 7. The molecule has 11 heteroatoms. The molecule has 0 spiro atoms. The van der Waals surface area contributed by atoms with Crippen molar-refractivity contribution >= 4 is 53.3 Å². The number of hydrogen-bond acceptors (Lipinski definition) is 9. The van der Waals surface area contributed by atoms with Gasteiger partial charge in [-0.1, -0.05) is 85.5 Å². The molecular formula is C48H70Cl2N4O5. The van der Waals surface area contributed by atoms with E-state index in [1.807, 2.05) is 38.3 Å². The first-order chi connectivity index (χ1) is 27.4. The Hall–Kier alpha value is -2.75. The Kier molecular flexibility index (Phi) is 12.6. The lowest BCUT2D eigenvalue weighted by atomic mass is 9.33. The van der Waals surface area contributed by atoms with E-state index in [9.17, 15) is 19.2 Å². The SMILES string of the molecule is CC(C)C1=C2C3CCC4C5(C)CCC(OC(=O)CC(C)(C)C=O)C(C)(C)C5CCC4(C)[C@]3(C)CCC2(/C(=C(\Cl)C=O)N(CCN(C)C)N(C)c2ccc(Cl)cn2)CC1=O. The van der Waals surface area contributed by atoms with Crippen LogP contribution >= 0.6 is 23.2 Å². The molecule has 1 aromatic heterocycles. The highest BCUT2D eigenvalue weighted by Gasteiger charge is 2.71. The number of ether oxygens (including phenoxy) is 1. The van der Waals surface area contributed by atoms with E-state index < -0.39 is 10.8 Å². The number of allylic oxidation sites excluding steroid dienone is 3. The number of likely N-dealkylation sites (N-methyl/N-ethyl adjacent to an activating group) is 1. The van der Waals surface area contributed by atoms with Gasteiger partial charge >= 0.3 is 5.97 Å². The molecule has 5 aliphatic carbocycles. The van der Waals surface area contributed by atoms with Crippen LogP contribution in [-0.2, 0) is 23.9 Å². The molecule has 0 aliphatic heterocycles. The Bertz CT molecular complexity index is 1890. The number of ketones is 1. The lowest BCUT2D eigenvalue weighted by Crippen LogP contribution is -2.66. The summed E-state index contributed by atoms with van der Waals surface area (Å²) in [5.41, 5.74) is 1.02. The maximum absolute atomic E-state index is 14.7. The molecule has 6 rings (SSSR count). The number of esters is 1. The minimum Gasteiger partial charge on any atom is -0.462 e. The van der Waals surface area contributed by atoms with Crippen LogP contribution in [0.5, 0.6) is 0 Å². The molecule has 0 aromatic carbocycles. The number of carbonyl (C=O) groups is 4. The van der Waals surface area contributed by atoms with E-state index in [-0.39, 0.29) is 62.8 Å². The molecular weight excluding hydrogens is 783 g/mol. The lowest BCUT2D eigenvalue weighted by molar-refractivity contribution is -0.233. The van der Waals surface area contributed by atoms with Crippen LogP contribution in [0.2, 0.25) is 5.02 Å². The van der Waals surface area contributed by atoms with Crippen LogP contribution in [0, 0.1) is 56.2 Å². The van der Waals surface area contributed by atoms with Gasteiger partial charge in [0.05, 0.1) is 23.7 Å². The van der Waals surface area contributed by atoms with E-state index >= 15 is 0 Å². The number of anilines is 1. The second-order valence-corrected chi connectivity index (χ2v) is 22.3. The first kappa shape index (κ1) is 45.8. The number of halogens is 2. The molecule has 0 N–H and O–H groups in total. The third-order valence-corrected chi connectivity index (χ3v) is 17.3. The molecule has 5 aliphatic rings. The molecule has 9 nitrogen and oxygen atoms in total. The van der Waals surface area contributed by atoms with E-state index in [2.05, 4.69) is 63.4 Å². The maximum atomic E-state index is 14.7. The molecule has 0 bridgehead atoms. The summed E-state index contributed by atoms with van der Waals surface area (Å²) in [6, 6.07) is 3.68. The second kappa shape index (κ2) is 16.2. The summed E-state index contributed by atoms with van der Waals surface area (Å²) in [5.74, 6) is 1.49. The van der Waals surface area contributed by atoms with E-state index in [1.54, 1.807) is 20.0 Å². The second-order valence-electron chi connectivity index (χ2n) is 21.5. The van der Waals surface area contributed by atoms with Crippen LogP contribution < -0.4 is 5.01 Å². The van der Waals surface area contributed by atoms with Crippen molar-refractivity contribution in [1.82, 2.24) is 14.9 Å². The zero-order valence-corrected chi connectivity index (χ0v) is 39.4. The molecule has 0 amide bonds. The summed E-state index contributed by atoms with van der Waals surface area (Å²) in [7, 11) is 6.00. The van der Waals surface area contributed by atoms with Gasteiger partial charge in [-0.15, -0.1) is 0 Å². The number of Topliss-reactive ketones (excluding diaryl/α,β-unsaturated/α-hetero) is 1. The molecule has 326 valence electrons. The highest BCUT2D eigenvalue weighted by Crippen LogP contribution is 2.77. The van der Waals surface area contributed by atoms with Gasteiger partial charge < -0.3 is 14.4 Å². The van der Waals surface area contributed by atoms with Crippen LogP contribution in [0.3, 0.4) is 0 Å². The van der Waals surface area contributed by atoms with Gasteiger partial charge in [0.2, 0.25) is 0 Å². The minimum atomic E-state index is -0.751. The Morgan fingerprint density at radius 1 is 0.949 bits per heavy atom. The van der Waals surface area contributed by atoms with Gasteiger partial charge in [0.15, 0.2) is 12.1 Å². The summed E-state index contributed by atoms with van der Waals surface area (Å²) in [6.45, 7) is 21.3. The molecule has 8 atom stereocenters. The van der Waals surface area contributed by atoms with Gasteiger partial charge in [-0.3, -0.25) is 24.4 Å². The van der Waals surface area contributed by atoms with Crippen molar-refractivity contribution in [2.75, 3.05) is 39.2 Å². The van der Waals surface area contributed by atoms with Crippen LogP contribution in [0.15, 0.2) is 40.2 Å². The quantitative estimate of drug-likeness (QED) is 0.0831. The summed E-state index contributed by atoms with van der Waals surface area (Å²) in [5, 5.41) is 4.74. The summed E-state index contributed by atoms with van der Waals surface area (Å²) in [4.78, 5) is 59.3. The Morgan fingerprint density at radius 3 is 2.24 bits per heavy atom. The standard InChI is InChI=1S/C48H70Cl2N4O5/c1-30(2)40-34(57)25-48(42(33(50)28-55)54(24-23-52(10)11)53(12)38-16-13-31(49)27-51-38)22-21-46(8)32(41(40)48)14-15-36-45(7)19-18-37(59-39(58)26-43(3,4)29-56)44(5,6)35(45)17-20-47(36,46)9/h13,16,27-30,32,35-37H,14-15,17-26H2,1-12H3/b42-33+/t32?,35?,36?,37?,45?,46-,47?,48?/m1/s1. The molecule has 4 fully saturated rings. The number of carbonyl (C=O) groups excluding carboxylic acids is 4. The van der Waals surface area contributed by atoms with Gasteiger partial charge in [0, 0.05) is 42.5 Å². The molecule has 4 saturated carbocycles. The number of hydrazine groups is 1. The molecule has 0 radical (unpaired) electrons. The molecule has 7 unspecified atom stereocenters. The topological polar surface area (TPSA) is 100 Å². The highest BCUT2D eigenvalue weighted by atomic mass is 35.5. The number of aldehydes is 2. The van der Waals surface area contributed by atoms with Crippen molar-refractivity contribution in [3.63, 3.8) is 0 Å². The van der Waals surface area contributed by atoms with Crippen molar-refractivity contribution in [1.29, 1.82) is 0 Å². The largest absolute Gasteiger partial charge is 0.462 e. The van der Waals surface area contributed by atoms with Gasteiger partial charge in [0.1, 0.15) is 23.2 Å². The van der Waals surface area contributed by atoms with E-state index in [0.717, 1.165) is 63.1 Å². The smallest absolute Gasteiger partial charge is 0.307 e. The maximum Gasteiger partial charge on any atom is 0.307 e. The average Bonchev–Trinajstić information content (AvgIpc) is 3.46. The molecule has 0 saturated heterocycles. The van der Waals surface area contributed by atoms with Gasteiger partial charge in [-0.05, 0) is 129 Å². The van der Waals surface area contributed by atoms with Crippen LogP contribution in [0.25, 0.3) is 0 Å². The first-order valence-electron chi connectivity index (χ1n) is 22.0. The predicted octanol–water partition coefficient (Wildman–Crippen LogP) is 10.1. The van der Waals surface area contributed by atoms with Gasteiger partial charge in [0.25, 0.3) is 0 Å². The summed E-state index contributed by atoms with van der Waals surface area (Å²) >= 11 is 13.5. The van der Waals surface area contributed by atoms with Crippen molar-refractivity contribution in [2.24, 2.45) is 56.2 Å². The van der Waals surface area contributed by atoms with Crippen molar-refractivity contribution in [2.45, 2.75) is 133 Å². The third-order valence-electron chi connectivity index (χ3n) is 16.8. The summed E-state index contributed by atoms with van der Waals surface area (Å²) in [6.07, 6.45) is 10.9. The number of aromatic nitrogens is 1. The monoisotopic (exact) mass is 852 g/mol. The molecule has 59 heavy (non-hydrogen) atoms. The van der Waals surface area contributed by atoms with Crippen LogP contribution in [0.4, 0.5) is 5.82 Å². The Balaban J connectivity index is 1.41. The fourth-order valence-electron chi connectivity index (χ4n) is 13.8. The fourth-order valence-corrected chi connectivity index (χ4v) is 14.1. The Morgan fingerprint density at radius 2 is 1.64 bits per heavy atom.